The van der Waals surface area contributed by atoms with Gasteiger partial charge in [0, 0.05) is 21.1 Å². The van der Waals surface area contributed by atoms with Crippen molar-refractivity contribution in [2.45, 2.75) is 41.5 Å². The van der Waals surface area contributed by atoms with Crippen LogP contribution >= 0.6 is 0 Å². The minimum Gasteiger partial charge on any atom is -0.311 e. The van der Waals surface area contributed by atoms with Crippen molar-refractivity contribution in [1.29, 1.82) is 0 Å². The zero-order chi connectivity index (χ0) is 8.31. The van der Waals surface area contributed by atoms with E-state index in [0.717, 1.165) is 17.8 Å². The molecule has 1 heteroatoms. The molecule has 0 spiro atoms. The summed E-state index contributed by atoms with van der Waals surface area (Å²) in [7, 11) is 0. The summed E-state index contributed by atoms with van der Waals surface area (Å²) in [6, 6.07) is 0. The summed E-state index contributed by atoms with van der Waals surface area (Å²) in [5, 5.41) is 0. The smallest absolute Gasteiger partial charge is 0 e. The average Bonchev–Trinajstić information content (AvgIpc) is 1.84. The molecule has 0 saturated carbocycles. The first-order chi connectivity index (χ1) is 4.46. The van der Waals surface area contributed by atoms with Crippen LogP contribution in [-0.4, -0.2) is 0 Å². The number of hydrogen-bond acceptors (Lipinski definition) is 0. The molecule has 0 radical (unpaired) electrons. The van der Waals surface area contributed by atoms with Crippen LogP contribution in [0.15, 0.2) is 0 Å². The third kappa shape index (κ3) is 5.01. The minimum atomic E-state index is 0. The third-order valence-corrected chi connectivity index (χ3v) is 2.63. The molecule has 0 nitrogen and oxygen atoms in total. The quantitative estimate of drug-likeness (QED) is 0.697. The van der Waals surface area contributed by atoms with Gasteiger partial charge >= 0.3 is 0 Å². The van der Waals surface area contributed by atoms with Crippen molar-refractivity contribution in [3.05, 3.63) is 5.92 Å². The van der Waals surface area contributed by atoms with E-state index in [1.165, 1.54) is 0 Å². The maximum absolute atomic E-state index is 2.32. The Balaban J connectivity index is 0. The summed E-state index contributed by atoms with van der Waals surface area (Å²) in [6.45, 7) is 13.7. The van der Waals surface area contributed by atoms with Crippen molar-refractivity contribution in [2.24, 2.45) is 17.8 Å². The molecule has 11 heavy (non-hydrogen) atoms. The Kier molecular flexibility index (Phi) is 8.06. The second-order valence-electron chi connectivity index (χ2n) is 3.93. The topological polar surface area (TPSA) is 0 Å². The van der Waals surface area contributed by atoms with Crippen LogP contribution in [-0.2, 0) is 21.1 Å². The van der Waals surface area contributed by atoms with Crippen LogP contribution in [0, 0.1) is 23.7 Å². The third-order valence-electron chi connectivity index (χ3n) is 2.63. The van der Waals surface area contributed by atoms with Crippen LogP contribution in [0.3, 0.4) is 0 Å². The molecule has 0 N–H and O–H groups in total. The molecule has 1 atom stereocenters. The van der Waals surface area contributed by atoms with Crippen LogP contribution in [0.5, 0.6) is 0 Å². The molecule has 0 aromatic rings. The van der Waals surface area contributed by atoms with Gasteiger partial charge in [-0.05, 0) is 0 Å². The van der Waals surface area contributed by atoms with Gasteiger partial charge in [0.1, 0.15) is 0 Å². The molecule has 0 aromatic heterocycles. The van der Waals surface area contributed by atoms with E-state index in [2.05, 4.69) is 41.5 Å². The zero-order valence-electron chi connectivity index (χ0n) is 8.64. The van der Waals surface area contributed by atoms with Crippen LogP contribution in [0.1, 0.15) is 41.5 Å². The molecule has 0 rings (SSSR count). The number of hydrogen-bond donors (Lipinski definition) is 0. The van der Waals surface area contributed by atoms with E-state index >= 15 is 0 Å². The summed E-state index contributed by atoms with van der Waals surface area (Å²) in [4.78, 5) is 0. The van der Waals surface area contributed by atoms with E-state index in [1.807, 2.05) is 0 Å². The fraction of sp³-hybridized carbons (Fsp3) is 0.900. The predicted molar refractivity (Wildman–Crippen MR) is 47.8 cm³/mol. The maximum atomic E-state index is 2.32. The number of rotatable bonds is 3. The van der Waals surface area contributed by atoms with Crippen molar-refractivity contribution in [1.82, 2.24) is 0 Å². The monoisotopic (exact) mass is 325 g/mol. The van der Waals surface area contributed by atoms with Gasteiger partial charge in [0.2, 0.25) is 0 Å². The van der Waals surface area contributed by atoms with E-state index < -0.39 is 0 Å². The molecule has 0 aliphatic carbocycles. The van der Waals surface area contributed by atoms with E-state index in [0.29, 0.717) is 0 Å². The van der Waals surface area contributed by atoms with Gasteiger partial charge in [-0.15, -0.1) is 0 Å². The summed E-state index contributed by atoms with van der Waals surface area (Å²) in [5.41, 5.74) is 0. The summed E-state index contributed by atoms with van der Waals surface area (Å²) < 4.78 is 0. The standard InChI is InChI=1S/C10H21.W/c1-7(2)9(5)10(6)8(3)4;/h7-9H,1-6H3;/q-1;/t9-;/m0./s1. The van der Waals surface area contributed by atoms with Crippen molar-refractivity contribution in [3.8, 4) is 0 Å². The summed E-state index contributed by atoms with van der Waals surface area (Å²) in [6.07, 6.45) is 0. The molecule has 0 aliphatic rings. The first-order valence-electron chi connectivity index (χ1n) is 4.30. The molecule has 0 aromatic carbocycles. The predicted octanol–water partition coefficient (Wildman–Crippen LogP) is 3.53. The molecule has 0 aliphatic heterocycles. The Morgan fingerprint density at radius 1 is 0.909 bits per heavy atom. The second-order valence-corrected chi connectivity index (χ2v) is 3.93. The van der Waals surface area contributed by atoms with E-state index in [1.54, 1.807) is 5.92 Å². The molecule has 0 saturated heterocycles. The Bertz CT molecular complexity index is 74.9. The molecule has 0 unspecified atom stereocenters. The fourth-order valence-corrected chi connectivity index (χ4v) is 1.05. The van der Waals surface area contributed by atoms with Gasteiger partial charge in [0.15, 0.2) is 0 Å². The van der Waals surface area contributed by atoms with E-state index in [4.69, 9.17) is 0 Å². The fourth-order valence-electron chi connectivity index (χ4n) is 1.05. The van der Waals surface area contributed by atoms with Gasteiger partial charge in [0.05, 0.1) is 0 Å². The van der Waals surface area contributed by atoms with Gasteiger partial charge in [-0.25, -0.2) is 0 Å². The van der Waals surface area contributed by atoms with Crippen LogP contribution in [0.4, 0.5) is 0 Å². The Labute approximate surface area is 86.4 Å². The maximum Gasteiger partial charge on any atom is 0 e. The first kappa shape index (κ1) is 14.2. The summed E-state index contributed by atoms with van der Waals surface area (Å²) >= 11 is 0. The molecule has 0 heterocycles. The molecule has 0 amide bonds. The van der Waals surface area contributed by atoms with Crippen LogP contribution < -0.4 is 0 Å². The Morgan fingerprint density at radius 3 is 1.36 bits per heavy atom. The summed E-state index contributed by atoms with van der Waals surface area (Å²) in [5.74, 6) is 3.95. The van der Waals surface area contributed by atoms with Crippen molar-refractivity contribution < 1.29 is 21.1 Å². The first-order valence-corrected chi connectivity index (χ1v) is 4.30. The van der Waals surface area contributed by atoms with Crippen molar-refractivity contribution >= 4 is 0 Å². The van der Waals surface area contributed by atoms with Crippen LogP contribution in [0.2, 0.25) is 0 Å². The van der Waals surface area contributed by atoms with E-state index in [9.17, 15) is 0 Å². The largest absolute Gasteiger partial charge is 0.311 e. The Morgan fingerprint density at radius 2 is 1.27 bits per heavy atom. The normalized spacial score (nSPS) is 13.9. The molecular weight excluding hydrogens is 304 g/mol. The van der Waals surface area contributed by atoms with E-state index in [-0.39, 0.29) is 21.1 Å². The molecule has 68 valence electrons. The van der Waals surface area contributed by atoms with Crippen molar-refractivity contribution in [2.75, 3.05) is 0 Å². The van der Waals surface area contributed by atoms with Gasteiger partial charge in [-0.2, -0.15) is 18.8 Å². The SMILES string of the molecule is C[C-](C(C)C)[C@@H](C)C(C)C.[W]. The average molecular weight is 325 g/mol. The van der Waals surface area contributed by atoms with Gasteiger partial charge < -0.3 is 5.92 Å². The zero-order valence-corrected chi connectivity index (χ0v) is 11.6. The van der Waals surface area contributed by atoms with Crippen molar-refractivity contribution in [3.63, 3.8) is 0 Å². The Hall–Kier alpha value is 0.688. The van der Waals surface area contributed by atoms with Crippen LogP contribution in [0.25, 0.3) is 0 Å². The molecular formula is C10H21W-. The molecule has 0 bridgehead atoms. The van der Waals surface area contributed by atoms with Gasteiger partial charge in [-0.3, -0.25) is 0 Å². The minimum absolute atomic E-state index is 0. The second kappa shape index (κ2) is 6.23. The van der Waals surface area contributed by atoms with Gasteiger partial charge in [0.25, 0.3) is 0 Å². The molecule has 0 fully saturated rings. The van der Waals surface area contributed by atoms with Gasteiger partial charge in [-0.1, -0.05) is 40.5 Å².